The third-order valence-corrected chi connectivity index (χ3v) is 3.37. The number of nitrogen functional groups attached to an aromatic ring is 1. The summed E-state index contributed by atoms with van der Waals surface area (Å²) in [6, 6.07) is 1.99. The molecule has 17 heavy (non-hydrogen) atoms. The Balaban J connectivity index is 1.98. The first-order chi connectivity index (χ1) is 8.20. The molecule has 4 nitrogen and oxygen atoms in total. The van der Waals surface area contributed by atoms with E-state index in [1.165, 1.54) is 13.0 Å². The van der Waals surface area contributed by atoms with Crippen LogP contribution in [-0.4, -0.2) is 42.6 Å². The molecule has 0 amide bonds. The Labute approximate surface area is 103 Å². The molecular formula is C13H22N4. The van der Waals surface area contributed by atoms with E-state index < -0.39 is 0 Å². The average molecular weight is 234 g/mol. The summed E-state index contributed by atoms with van der Waals surface area (Å²) in [5.41, 5.74) is 7.82. The highest BCUT2D eigenvalue weighted by Crippen LogP contribution is 2.18. The molecule has 0 aromatic carbocycles. The van der Waals surface area contributed by atoms with Gasteiger partial charge in [-0.25, -0.2) is 4.98 Å². The fraction of sp³-hybridized carbons (Fsp3) is 0.615. The summed E-state index contributed by atoms with van der Waals surface area (Å²) in [7, 11) is 0. The minimum absolute atomic E-state index is 0.839. The first kappa shape index (κ1) is 12.2. The third kappa shape index (κ3) is 2.88. The number of nitrogens with zero attached hydrogens (tertiary/aromatic N) is 3. The van der Waals surface area contributed by atoms with Gasteiger partial charge in [-0.1, -0.05) is 6.92 Å². The summed E-state index contributed by atoms with van der Waals surface area (Å²) < 4.78 is 0. The van der Waals surface area contributed by atoms with Crippen LogP contribution in [0.15, 0.2) is 12.3 Å². The van der Waals surface area contributed by atoms with Crippen LogP contribution in [-0.2, 0) is 0 Å². The number of hydrogen-bond acceptors (Lipinski definition) is 4. The third-order valence-electron chi connectivity index (χ3n) is 3.37. The van der Waals surface area contributed by atoms with Gasteiger partial charge in [0.2, 0.25) is 0 Å². The molecule has 1 saturated heterocycles. The Morgan fingerprint density at radius 2 is 2.00 bits per heavy atom. The second-order valence-corrected chi connectivity index (χ2v) is 4.73. The van der Waals surface area contributed by atoms with Crippen LogP contribution < -0.4 is 10.6 Å². The van der Waals surface area contributed by atoms with Gasteiger partial charge in [-0.05, 0) is 25.5 Å². The van der Waals surface area contributed by atoms with Gasteiger partial charge in [0.05, 0.1) is 0 Å². The largest absolute Gasteiger partial charge is 0.398 e. The van der Waals surface area contributed by atoms with E-state index in [9.17, 15) is 0 Å². The average Bonchev–Trinajstić information content (AvgIpc) is 2.34. The lowest BCUT2D eigenvalue weighted by atomic mass is 10.2. The highest BCUT2D eigenvalue weighted by Gasteiger charge is 2.17. The Morgan fingerprint density at radius 3 is 2.59 bits per heavy atom. The zero-order chi connectivity index (χ0) is 12.3. The van der Waals surface area contributed by atoms with E-state index in [4.69, 9.17) is 5.73 Å². The van der Waals surface area contributed by atoms with Crippen molar-refractivity contribution < 1.29 is 0 Å². The number of aromatic nitrogens is 1. The SMILES string of the molecule is CCCN1CCN(c2cc(N)c(C)cn2)CC1. The molecule has 0 spiro atoms. The summed E-state index contributed by atoms with van der Waals surface area (Å²) in [6.45, 7) is 9.79. The normalized spacial score (nSPS) is 17.4. The first-order valence-electron chi connectivity index (χ1n) is 6.40. The van der Waals surface area contributed by atoms with E-state index in [2.05, 4.69) is 21.7 Å². The molecule has 94 valence electrons. The van der Waals surface area contributed by atoms with E-state index in [0.717, 1.165) is 43.2 Å². The zero-order valence-electron chi connectivity index (χ0n) is 10.8. The molecule has 4 heteroatoms. The molecule has 0 aliphatic carbocycles. The summed E-state index contributed by atoms with van der Waals surface area (Å²) in [5.74, 6) is 1.02. The van der Waals surface area contributed by atoms with Gasteiger partial charge in [0.1, 0.15) is 5.82 Å². The molecule has 0 unspecified atom stereocenters. The van der Waals surface area contributed by atoms with Crippen LogP contribution >= 0.6 is 0 Å². The van der Waals surface area contributed by atoms with Gasteiger partial charge in [0.25, 0.3) is 0 Å². The first-order valence-corrected chi connectivity index (χ1v) is 6.40. The second-order valence-electron chi connectivity index (χ2n) is 4.73. The molecule has 1 fully saturated rings. The molecule has 2 N–H and O–H groups in total. The standard InChI is InChI=1S/C13H22N4/c1-3-4-16-5-7-17(8-6-16)13-9-12(14)11(2)10-15-13/h9-10H,3-8H2,1-2H3,(H2,14,15). The molecule has 0 saturated carbocycles. The number of aryl methyl sites for hydroxylation is 1. The lowest BCUT2D eigenvalue weighted by Crippen LogP contribution is -2.46. The number of nitrogens with two attached hydrogens (primary N) is 1. The van der Waals surface area contributed by atoms with E-state index >= 15 is 0 Å². The van der Waals surface area contributed by atoms with Gasteiger partial charge in [0.15, 0.2) is 0 Å². The maximum Gasteiger partial charge on any atom is 0.130 e. The van der Waals surface area contributed by atoms with Gasteiger partial charge in [0, 0.05) is 44.1 Å². The van der Waals surface area contributed by atoms with Crippen molar-refractivity contribution in [3.05, 3.63) is 17.8 Å². The van der Waals surface area contributed by atoms with Crippen LogP contribution in [0.3, 0.4) is 0 Å². The Bertz CT molecular complexity index is 370. The summed E-state index contributed by atoms with van der Waals surface area (Å²) in [5, 5.41) is 0. The molecule has 1 aliphatic rings. The smallest absolute Gasteiger partial charge is 0.130 e. The summed E-state index contributed by atoms with van der Waals surface area (Å²) in [4.78, 5) is 9.29. The lowest BCUT2D eigenvalue weighted by Gasteiger charge is -2.35. The van der Waals surface area contributed by atoms with Crippen LogP contribution in [0.2, 0.25) is 0 Å². The van der Waals surface area contributed by atoms with Crippen LogP contribution in [0.1, 0.15) is 18.9 Å². The Kier molecular flexibility index (Phi) is 3.84. The quantitative estimate of drug-likeness (QED) is 0.861. The molecule has 1 aromatic rings. The minimum Gasteiger partial charge on any atom is -0.398 e. The van der Waals surface area contributed by atoms with Gasteiger partial charge in [-0.15, -0.1) is 0 Å². The Hall–Kier alpha value is -1.29. The monoisotopic (exact) mass is 234 g/mol. The maximum atomic E-state index is 5.93. The fourth-order valence-electron chi connectivity index (χ4n) is 2.22. The van der Waals surface area contributed by atoms with Gasteiger partial charge >= 0.3 is 0 Å². The summed E-state index contributed by atoms with van der Waals surface area (Å²) in [6.07, 6.45) is 3.10. The second kappa shape index (κ2) is 5.36. The van der Waals surface area contributed by atoms with Crippen molar-refractivity contribution in [1.82, 2.24) is 9.88 Å². The zero-order valence-corrected chi connectivity index (χ0v) is 10.8. The highest BCUT2D eigenvalue weighted by atomic mass is 15.3. The van der Waals surface area contributed by atoms with Gasteiger partial charge < -0.3 is 10.6 Å². The van der Waals surface area contributed by atoms with Crippen molar-refractivity contribution in [1.29, 1.82) is 0 Å². The van der Waals surface area contributed by atoms with Crippen molar-refractivity contribution >= 4 is 11.5 Å². The van der Waals surface area contributed by atoms with Gasteiger partial charge in [-0.2, -0.15) is 0 Å². The van der Waals surface area contributed by atoms with E-state index in [1.54, 1.807) is 0 Å². The lowest BCUT2D eigenvalue weighted by molar-refractivity contribution is 0.258. The van der Waals surface area contributed by atoms with Crippen molar-refractivity contribution in [2.75, 3.05) is 43.4 Å². The molecule has 2 heterocycles. The van der Waals surface area contributed by atoms with Crippen LogP contribution in [0, 0.1) is 6.92 Å². The number of anilines is 2. The number of hydrogen-bond donors (Lipinski definition) is 1. The maximum absolute atomic E-state index is 5.93. The molecule has 0 bridgehead atoms. The van der Waals surface area contributed by atoms with E-state index in [0.29, 0.717) is 0 Å². The number of pyridine rings is 1. The number of rotatable bonds is 3. The van der Waals surface area contributed by atoms with Crippen molar-refractivity contribution in [3.63, 3.8) is 0 Å². The predicted molar refractivity (Wildman–Crippen MR) is 72.3 cm³/mol. The van der Waals surface area contributed by atoms with Crippen LogP contribution in [0.4, 0.5) is 11.5 Å². The van der Waals surface area contributed by atoms with Crippen molar-refractivity contribution in [2.24, 2.45) is 0 Å². The Morgan fingerprint density at radius 1 is 1.29 bits per heavy atom. The van der Waals surface area contributed by atoms with Crippen LogP contribution in [0.5, 0.6) is 0 Å². The molecule has 2 rings (SSSR count). The number of piperazine rings is 1. The van der Waals surface area contributed by atoms with Crippen LogP contribution in [0.25, 0.3) is 0 Å². The fourth-order valence-corrected chi connectivity index (χ4v) is 2.22. The van der Waals surface area contributed by atoms with Crippen molar-refractivity contribution in [3.8, 4) is 0 Å². The van der Waals surface area contributed by atoms with E-state index in [1.807, 2.05) is 19.2 Å². The summed E-state index contributed by atoms with van der Waals surface area (Å²) >= 11 is 0. The van der Waals surface area contributed by atoms with Crippen molar-refractivity contribution in [2.45, 2.75) is 20.3 Å². The topological polar surface area (TPSA) is 45.4 Å². The molecular weight excluding hydrogens is 212 g/mol. The predicted octanol–water partition coefficient (Wildman–Crippen LogP) is 1.50. The molecule has 1 aromatic heterocycles. The molecule has 0 radical (unpaired) electrons. The highest BCUT2D eigenvalue weighted by molar-refractivity contribution is 5.54. The van der Waals surface area contributed by atoms with Gasteiger partial charge in [-0.3, -0.25) is 4.90 Å². The minimum atomic E-state index is 0.839. The molecule has 0 atom stereocenters. The molecule has 1 aliphatic heterocycles. The van der Waals surface area contributed by atoms with E-state index in [-0.39, 0.29) is 0 Å².